The Labute approximate surface area is 150 Å². The van der Waals surface area contributed by atoms with Gasteiger partial charge in [-0.05, 0) is 11.6 Å². The van der Waals surface area contributed by atoms with E-state index < -0.39 is 0 Å². The normalized spacial score (nSPS) is 14.4. The molecule has 2 heterocycles. The zero-order valence-electron chi connectivity index (χ0n) is 13.5. The van der Waals surface area contributed by atoms with Gasteiger partial charge in [0.05, 0.1) is 18.7 Å². The van der Waals surface area contributed by atoms with Gasteiger partial charge in [0.2, 0.25) is 5.91 Å². The minimum Gasteiger partial charge on any atom is -0.338 e. The number of hydrogen-bond donors (Lipinski definition) is 0. The van der Waals surface area contributed by atoms with Crippen LogP contribution in [0.1, 0.15) is 11.6 Å². The Hall–Kier alpha value is -2.66. The van der Waals surface area contributed by atoms with Crippen molar-refractivity contribution in [2.45, 2.75) is 12.5 Å². The molecule has 0 aliphatic carbocycles. The molecule has 1 aromatic heterocycles. The molecule has 2 aromatic carbocycles. The van der Waals surface area contributed by atoms with E-state index in [2.05, 4.69) is 10.3 Å². The fourth-order valence-corrected chi connectivity index (χ4v) is 3.14. The first-order chi connectivity index (χ1) is 12.2. The highest BCUT2D eigenvalue weighted by Crippen LogP contribution is 2.25. The molecule has 0 atom stereocenters. The van der Waals surface area contributed by atoms with Gasteiger partial charge in [0, 0.05) is 23.7 Å². The Kier molecular flexibility index (Phi) is 4.24. The molecule has 0 radical (unpaired) electrons. The summed E-state index contributed by atoms with van der Waals surface area (Å²) in [6.07, 6.45) is 2.27. The molecule has 1 fully saturated rings. The molecule has 1 saturated heterocycles. The van der Waals surface area contributed by atoms with Crippen LogP contribution in [0, 0.1) is 0 Å². The summed E-state index contributed by atoms with van der Waals surface area (Å²) in [6.45, 7) is 1.31. The summed E-state index contributed by atoms with van der Waals surface area (Å²) in [7, 11) is 0. The number of rotatable bonds is 4. The lowest BCUT2D eigenvalue weighted by molar-refractivity contribution is -0.136. The van der Waals surface area contributed by atoms with Crippen LogP contribution in [0.4, 0.5) is 0 Å². The lowest BCUT2D eigenvalue weighted by Crippen LogP contribution is -2.51. The zero-order chi connectivity index (χ0) is 17.2. The first kappa shape index (κ1) is 15.8. The Morgan fingerprint density at radius 1 is 1.08 bits per heavy atom. The summed E-state index contributed by atoms with van der Waals surface area (Å²) < 4.78 is 1.85. The van der Waals surface area contributed by atoms with Crippen molar-refractivity contribution < 1.29 is 4.79 Å². The maximum atomic E-state index is 12.4. The van der Waals surface area contributed by atoms with E-state index in [1.165, 1.54) is 0 Å². The number of carbonyl (C=O) groups excluding carboxylic acids is 1. The van der Waals surface area contributed by atoms with E-state index in [0.29, 0.717) is 24.5 Å². The fraction of sp³-hybridized carbons (Fsp3) is 0.211. The predicted octanol–water partition coefficient (Wildman–Crippen LogP) is 3.22. The first-order valence-corrected chi connectivity index (χ1v) is 8.57. The number of likely N-dealkylation sites (tertiary alicyclic amines) is 1. The predicted molar refractivity (Wildman–Crippen MR) is 96.2 cm³/mol. The van der Waals surface area contributed by atoms with Gasteiger partial charge in [-0.3, -0.25) is 4.79 Å². The third kappa shape index (κ3) is 3.28. The van der Waals surface area contributed by atoms with Crippen molar-refractivity contribution in [3.63, 3.8) is 0 Å². The number of carbonyl (C=O) groups is 1. The van der Waals surface area contributed by atoms with Crippen molar-refractivity contribution in [2.24, 2.45) is 0 Å². The van der Waals surface area contributed by atoms with Gasteiger partial charge in [0.15, 0.2) is 0 Å². The lowest BCUT2D eigenvalue weighted by Gasteiger charge is -2.39. The molecular weight excluding hydrogens is 336 g/mol. The largest absolute Gasteiger partial charge is 0.338 e. The van der Waals surface area contributed by atoms with Crippen molar-refractivity contribution in [3.8, 4) is 11.3 Å². The van der Waals surface area contributed by atoms with E-state index in [4.69, 9.17) is 11.6 Å². The van der Waals surface area contributed by atoms with Crippen LogP contribution in [0.5, 0.6) is 0 Å². The van der Waals surface area contributed by atoms with E-state index in [0.717, 1.165) is 16.8 Å². The molecule has 25 heavy (non-hydrogen) atoms. The number of aromatic nitrogens is 3. The smallest absolute Gasteiger partial charge is 0.227 e. The molecular formula is C19H17ClN4O. The third-order valence-electron chi connectivity index (χ3n) is 4.47. The van der Waals surface area contributed by atoms with Crippen LogP contribution >= 0.6 is 11.6 Å². The van der Waals surface area contributed by atoms with Crippen molar-refractivity contribution in [3.05, 3.63) is 71.4 Å². The number of hydrogen-bond acceptors (Lipinski definition) is 3. The summed E-state index contributed by atoms with van der Waals surface area (Å²) in [5.74, 6) is 0.0905. The second-order valence-corrected chi connectivity index (χ2v) is 6.58. The fourth-order valence-electron chi connectivity index (χ4n) is 2.94. The van der Waals surface area contributed by atoms with E-state index in [1.807, 2.05) is 70.4 Å². The second-order valence-electron chi connectivity index (χ2n) is 6.17. The van der Waals surface area contributed by atoms with Gasteiger partial charge < -0.3 is 4.90 Å². The summed E-state index contributed by atoms with van der Waals surface area (Å²) in [5.41, 5.74) is 2.76. The second kappa shape index (κ2) is 6.69. The Morgan fingerprint density at radius 2 is 1.80 bits per heavy atom. The number of halogens is 1. The lowest BCUT2D eigenvalue weighted by atomic mass is 10.1. The molecule has 0 bridgehead atoms. The highest BCUT2D eigenvalue weighted by atomic mass is 35.5. The van der Waals surface area contributed by atoms with Crippen molar-refractivity contribution >= 4 is 17.5 Å². The molecule has 0 saturated carbocycles. The van der Waals surface area contributed by atoms with E-state index >= 15 is 0 Å². The summed E-state index contributed by atoms with van der Waals surface area (Å²) >= 11 is 6.13. The van der Waals surface area contributed by atoms with Gasteiger partial charge in [-0.15, -0.1) is 5.10 Å². The Bertz CT molecular complexity index is 887. The molecule has 0 spiro atoms. The van der Waals surface area contributed by atoms with Crippen LogP contribution < -0.4 is 0 Å². The number of nitrogens with zero attached hydrogens (tertiary/aromatic N) is 4. The highest BCUT2D eigenvalue weighted by molar-refractivity contribution is 6.31. The van der Waals surface area contributed by atoms with Crippen LogP contribution in [0.3, 0.4) is 0 Å². The molecule has 126 valence electrons. The van der Waals surface area contributed by atoms with Gasteiger partial charge in [-0.2, -0.15) is 0 Å². The summed E-state index contributed by atoms with van der Waals surface area (Å²) in [6, 6.07) is 17.6. The average Bonchev–Trinajstić information content (AvgIpc) is 3.06. The first-order valence-electron chi connectivity index (χ1n) is 8.19. The van der Waals surface area contributed by atoms with E-state index in [-0.39, 0.29) is 11.9 Å². The Morgan fingerprint density at radius 3 is 2.56 bits per heavy atom. The molecule has 3 aromatic rings. The van der Waals surface area contributed by atoms with Crippen LogP contribution in [0.2, 0.25) is 5.02 Å². The molecule has 1 amide bonds. The molecule has 6 heteroatoms. The van der Waals surface area contributed by atoms with Crippen LogP contribution in [0.15, 0.2) is 60.8 Å². The number of benzene rings is 2. The van der Waals surface area contributed by atoms with Crippen molar-refractivity contribution in [1.29, 1.82) is 0 Å². The van der Waals surface area contributed by atoms with Gasteiger partial charge in [0.25, 0.3) is 0 Å². The van der Waals surface area contributed by atoms with E-state index in [1.54, 1.807) is 0 Å². The Balaban J connectivity index is 1.37. The van der Waals surface area contributed by atoms with Crippen LogP contribution in [-0.4, -0.2) is 38.9 Å². The van der Waals surface area contributed by atoms with E-state index in [9.17, 15) is 4.79 Å². The quantitative estimate of drug-likeness (QED) is 0.724. The van der Waals surface area contributed by atoms with Gasteiger partial charge >= 0.3 is 0 Å². The van der Waals surface area contributed by atoms with Crippen molar-refractivity contribution in [1.82, 2.24) is 19.9 Å². The number of amides is 1. The molecule has 1 aliphatic rings. The molecule has 0 unspecified atom stereocenters. The van der Waals surface area contributed by atoms with Crippen LogP contribution in [-0.2, 0) is 11.2 Å². The molecule has 4 rings (SSSR count). The van der Waals surface area contributed by atoms with Gasteiger partial charge in [-0.25, -0.2) is 4.68 Å². The van der Waals surface area contributed by atoms with Crippen molar-refractivity contribution in [2.75, 3.05) is 13.1 Å². The maximum Gasteiger partial charge on any atom is 0.227 e. The third-order valence-corrected chi connectivity index (χ3v) is 4.84. The standard InChI is InChI=1S/C19H17ClN4O/c20-17-9-5-4-8-15(17)10-19(25)23-11-16(12-23)24-13-18(21-22-24)14-6-2-1-3-7-14/h1-9,13,16H,10-12H2. The maximum absolute atomic E-state index is 12.4. The van der Waals surface area contributed by atoms with Gasteiger partial charge in [0.1, 0.15) is 5.69 Å². The SMILES string of the molecule is O=C(Cc1ccccc1Cl)N1CC(n2cc(-c3ccccc3)nn2)C1. The highest BCUT2D eigenvalue weighted by Gasteiger charge is 2.32. The topological polar surface area (TPSA) is 51.0 Å². The average molecular weight is 353 g/mol. The molecule has 1 aliphatic heterocycles. The monoisotopic (exact) mass is 352 g/mol. The zero-order valence-corrected chi connectivity index (χ0v) is 14.3. The molecule has 5 nitrogen and oxygen atoms in total. The summed E-state index contributed by atoms with van der Waals surface area (Å²) in [5, 5.41) is 9.08. The minimum absolute atomic E-state index is 0.0905. The molecule has 0 N–H and O–H groups in total. The minimum atomic E-state index is 0.0905. The van der Waals surface area contributed by atoms with Crippen LogP contribution in [0.25, 0.3) is 11.3 Å². The summed E-state index contributed by atoms with van der Waals surface area (Å²) in [4.78, 5) is 14.2. The van der Waals surface area contributed by atoms with Gasteiger partial charge in [-0.1, -0.05) is 65.3 Å².